The molecule has 7 rings (SSSR count). The van der Waals surface area contributed by atoms with Crippen molar-refractivity contribution in [3.8, 4) is 22.3 Å². The van der Waals surface area contributed by atoms with Gasteiger partial charge in [-0.1, -0.05) is 141 Å². The minimum atomic E-state index is 0.529. The molecule has 3 unspecified atom stereocenters. The van der Waals surface area contributed by atoms with Crippen LogP contribution >= 0.6 is 0 Å². The number of hydrogen-bond acceptors (Lipinski definition) is 1. The van der Waals surface area contributed by atoms with Gasteiger partial charge in [0.25, 0.3) is 0 Å². The summed E-state index contributed by atoms with van der Waals surface area (Å²) in [6.45, 7) is 17.4. The maximum Gasteiger partial charge on any atom is 0.119 e. The van der Waals surface area contributed by atoms with Crippen LogP contribution in [-0.4, -0.2) is 11.7 Å². The highest BCUT2D eigenvalue weighted by Gasteiger charge is 2.43. The van der Waals surface area contributed by atoms with Crippen LogP contribution in [0.3, 0.4) is 0 Å². The van der Waals surface area contributed by atoms with Crippen molar-refractivity contribution in [1.82, 2.24) is 4.57 Å². The number of ether oxygens (including phenoxy) is 1. The average Bonchev–Trinajstić information content (AvgIpc) is 3.22. The highest BCUT2D eigenvalue weighted by atomic mass is 16.5. The van der Waals surface area contributed by atoms with Crippen LogP contribution in [-0.2, 0) is 4.74 Å². The summed E-state index contributed by atoms with van der Waals surface area (Å²) >= 11 is 0. The molecular weight excluding hydrogens is 643 g/mol. The fraction of sp³-hybridized carbons (Fsp3) is 0.216. The molecule has 2 nitrogen and oxygen atoms in total. The van der Waals surface area contributed by atoms with Crippen molar-refractivity contribution in [1.29, 1.82) is 0 Å². The number of hydrogen-bond donors (Lipinski definition) is 0. The van der Waals surface area contributed by atoms with Gasteiger partial charge in [-0.05, 0) is 126 Å². The number of benzene rings is 3. The Kier molecular flexibility index (Phi) is 10.5. The minimum Gasteiger partial charge on any atom is -0.497 e. The van der Waals surface area contributed by atoms with Gasteiger partial charge in [0.1, 0.15) is 5.76 Å². The van der Waals surface area contributed by atoms with Gasteiger partial charge in [0.05, 0.1) is 12.6 Å². The summed E-state index contributed by atoms with van der Waals surface area (Å²) in [4.78, 5) is 0. The van der Waals surface area contributed by atoms with Crippen molar-refractivity contribution in [2.45, 2.75) is 52.9 Å². The second-order valence-corrected chi connectivity index (χ2v) is 14.5. The smallest absolute Gasteiger partial charge is 0.119 e. The molecule has 0 spiro atoms. The van der Waals surface area contributed by atoms with Crippen molar-refractivity contribution in [3.05, 3.63) is 192 Å². The lowest BCUT2D eigenvalue weighted by atomic mass is 9.57. The standard InChI is InChI=1S/C51H51NO/c1-8-10-12-19-34(3)48(37(6)53-7)33-40(9-2)52-36(5)32-39(23-16-26-44-41(24-18-29-49(44)52)38-21-13-11-14-22-38)42-25-17-28-47-50-35(4)20-15-27-45(50)43-30-31-46(43)51(42)47/h8-19,21-29,32-33,35,43,46H,3,6,20,30-31H2,1-2,4-5,7H3/b10-8-,19-12-,26-16?,36-32?,39-23?,40-9+,48-33-. The Bertz CT molecular complexity index is 2330. The maximum atomic E-state index is 5.74. The molecule has 1 aromatic heterocycles. The SMILES string of the molecule is C=C(/C=C\C=C/C)/C(=C/C(=C\C)n1c(C)cc(-c2cccc3c2C2CCC2C2=C3C(C)CC=C2)cccc2c(-c3ccccc3)cccc21)C(=C)OC. The molecule has 0 bridgehead atoms. The summed E-state index contributed by atoms with van der Waals surface area (Å²) in [5.74, 6) is 2.26. The molecule has 0 amide bonds. The van der Waals surface area contributed by atoms with E-state index >= 15 is 0 Å². The lowest BCUT2D eigenvalue weighted by molar-refractivity contribution is 0.299. The normalized spacial score (nSPS) is 19.5. The lowest BCUT2D eigenvalue weighted by Gasteiger charge is -2.47. The first-order chi connectivity index (χ1) is 25.9. The van der Waals surface area contributed by atoms with E-state index in [1.807, 2.05) is 31.2 Å². The van der Waals surface area contributed by atoms with E-state index in [1.54, 1.807) is 18.3 Å². The van der Waals surface area contributed by atoms with Crippen molar-refractivity contribution < 1.29 is 4.74 Å². The van der Waals surface area contributed by atoms with Gasteiger partial charge in [-0.25, -0.2) is 0 Å². The number of aromatic nitrogens is 1. The van der Waals surface area contributed by atoms with E-state index in [1.165, 1.54) is 46.2 Å². The molecule has 53 heavy (non-hydrogen) atoms. The summed E-state index contributed by atoms with van der Waals surface area (Å²) < 4.78 is 8.13. The number of nitrogens with zero attached hydrogens (tertiary/aromatic N) is 1. The van der Waals surface area contributed by atoms with Crippen LogP contribution in [0, 0.1) is 18.8 Å². The quantitative estimate of drug-likeness (QED) is 0.126. The van der Waals surface area contributed by atoms with Crippen LogP contribution in [0.5, 0.6) is 0 Å². The van der Waals surface area contributed by atoms with Gasteiger partial charge < -0.3 is 9.30 Å². The van der Waals surface area contributed by atoms with Crippen LogP contribution in [0.15, 0.2) is 175 Å². The summed E-state index contributed by atoms with van der Waals surface area (Å²) in [6, 6.07) is 33.6. The third kappa shape index (κ3) is 6.75. The molecule has 266 valence electrons. The molecule has 4 aromatic rings. The number of allylic oxidation sites excluding steroid dienone is 12. The fourth-order valence-corrected chi connectivity index (χ4v) is 8.64. The Morgan fingerprint density at radius 3 is 2.26 bits per heavy atom. The van der Waals surface area contributed by atoms with E-state index in [4.69, 9.17) is 4.74 Å². The van der Waals surface area contributed by atoms with Crippen LogP contribution < -0.4 is 0 Å². The summed E-state index contributed by atoms with van der Waals surface area (Å²) in [7, 11) is 1.67. The van der Waals surface area contributed by atoms with E-state index in [0.717, 1.165) is 39.9 Å². The minimum absolute atomic E-state index is 0.529. The third-order valence-electron chi connectivity index (χ3n) is 11.3. The van der Waals surface area contributed by atoms with Gasteiger partial charge in [0, 0.05) is 22.4 Å². The maximum absolute atomic E-state index is 5.74. The first-order valence-electron chi connectivity index (χ1n) is 19.1. The molecule has 0 aliphatic heterocycles. The van der Waals surface area contributed by atoms with Crippen molar-refractivity contribution in [2.24, 2.45) is 11.8 Å². The average molecular weight is 694 g/mol. The molecule has 3 atom stereocenters. The van der Waals surface area contributed by atoms with Gasteiger partial charge in [-0.3, -0.25) is 0 Å². The molecule has 3 aliphatic carbocycles. The monoisotopic (exact) mass is 693 g/mol. The summed E-state index contributed by atoms with van der Waals surface area (Å²) in [5.41, 5.74) is 16.0. The van der Waals surface area contributed by atoms with Crippen LogP contribution in [0.2, 0.25) is 0 Å². The second-order valence-electron chi connectivity index (χ2n) is 14.5. The molecule has 1 fully saturated rings. The Hall–Kier alpha value is -5.60. The third-order valence-corrected chi connectivity index (χ3v) is 11.3. The number of aryl methyl sites for hydroxylation is 1. The largest absolute Gasteiger partial charge is 0.497 e. The van der Waals surface area contributed by atoms with Crippen LogP contribution in [0.4, 0.5) is 0 Å². The highest BCUT2D eigenvalue weighted by Crippen LogP contribution is 2.58. The van der Waals surface area contributed by atoms with E-state index in [2.05, 4.69) is 154 Å². The fourth-order valence-electron chi connectivity index (χ4n) is 8.64. The number of rotatable bonds is 9. The number of methoxy groups -OCH3 is 1. The van der Waals surface area contributed by atoms with E-state index in [-0.39, 0.29) is 0 Å². The summed E-state index contributed by atoms with van der Waals surface area (Å²) in [6.07, 6.45) is 20.8. The first kappa shape index (κ1) is 35.8. The Labute approximate surface area is 316 Å². The van der Waals surface area contributed by atoms with Crippen LogP contribution in [0.25, 0.3) is 44.4 Å². The second kappa shape index (κ2) is 15.6. The van der Waals surface area contributed by atoms with Crippen LogP contribution in [0.1, 0.15) is 62.8 Å². The predicted molar refractivity (Wildman–Crippen MR) is 228 cm³/mol. The lowest BCUT2D eigenvalue weighted by Crippen LogP contribution is -2.32. The van der Waals surface area contributed by atoms with E-state index in [0.29, 0.717) is 23.5 Å². The molecule has 2 heteroatoms. The van der Waals surface area contributed by atoms with Crippen molar-refractivity contribution in [2.75, 3.05) is 7.11 Å². The van der Waals surface area contributed by atoms with Crippen molar-refractivity contribution >= 4 is 22.2 Å². The molecular formula is C51H51NO. The molecule has 3 aliphatic rings. The number of fused-ring (bicyclic) bond motifs is 6. The zero-order valence-electron chi connectivity index (χ0n) is 31.9. The Morgan fingerprint density at radius 1 is 0.811 bits per heavy atom. The summed E-state index contributed by atoms with van der Waals surface area (Å²) in [5, 5.41) is 1.15. The Balaban J connectivity index is 1.52. The van der Waals surface area contributed by atoms with Crippen molar-refractivity contribution in [3.63, 3.8) is 0 Å². The van der Waals surface area contributed by atoms with E-state index in [9.17, 15) is 0 Å². The van der Waals surface area contributed by atoms with E-state index < -0.39 is 0 Å². The van der Waals surface area contributed by atoms with Gasteiger partial charge in [0.2, 0.25) is 0 Å². The molecule has 0 N–H and O–H groups in total. The zero-order chi connectivity index (χ0) is 37.1. The topological polar surface area (TPSA) is 14.2 Å². The van der Waals surface area contributed by atoms with Gasteiger partial charge in [-0.2, -0.15) is 0 Å². The highest BCUT2D eigenvalue weighted by molar-refractivity contribution is 5.96. The Morgan fingerprint density at radius 2 is 1.53 bits per heavy atom. The van der Waals surface area contributed by atoms with Gasteiger partial charge in [-0.15, -0.1) is 0 Å². The zero-order valence-corrected chi connectivity index (χ0v) is 31.9. The first-order valence-corrected chi connectivity index (χ1v) is 19.1. The van der Waals surface area contributed by atoms with Gasteiger partial charge >= 0.3 is 0 Å². The molecule has 0 saturated heterocycles. The molecule has 1 saturated carbocycles. The molecule has 3 aromatic carbocycles. The van der Waals surface area contributed by atoms with Gasteiger partial charge in [0.15, 0.2) is 0 Å². The predicted octanol–water partition coefficient (Wildman–Crippen LogP) is 13.9. The molecule has 1 heterocycles. The molecule has 0 radical (unpaired) electrons.